The summed E-state index contributed by atoms with van der Waals surface area (Å²) in [5.41, 5.74) is 0. The number of rotatable bonds is 7. The van der Waals surface area contributed by atoms with E-state index in [1.54, 1.807) is 0 Å². The summed E-state index contributed by atoms with van der Waals surface area (Å²) in [5, 5.41) is 12.8. The Labute approximate surface area is 107 Å². The van der Waals surface area contributed by atoms with E-state index < -0.39 is 0 Å². The van der Waals surface area contributed by atoms with E-state index in [4.69, 9.17) is 0 Å². The molecular weight excluding hydrogens is 212 g/mol. The van der Waals surface area contributed by atoms with E-state index in [1.807, 2.05) is 0 Å². The number of nitrogens with zero attached hydrogens (tertiary/aromatic N) is 1. The Bertz CT molecular complexity index is 199. The lowest BCUT2D eigenvalue weighted by molar-refractivity contribution is 0.112. The highest BCUT2D eigenvalue weighted by atomic mass is 16.3. The molecule has 3 atom stereocenters. The Morgan fingerprint density at radius 2 is 2.06 bits per heavy atom. The van der Waals surface area contributed by atoms with Crippen LogP contribution in [0.3, 0.4) is 0 Å². The molecule has 3 unspecified atom stereocenters. The van der Waals surface area contributed by atoms with Gasteiger partial charge < -0.3 is 15.3 Å². The van der Waals surface area contributed by atoms with Crippen LogP contribution in [0.5, 0.6) is 0 Å². The lowest BCUT2D eigenvalue weighted by Gasteiger charge is -2.37. The summed E-state index contributed by atoms with van der Waals surface area (Å²) in [5.74, 6) is 0.805. The van der Waals surface area contributed by atoms with E-state index in [0.29, 0.717) is 6.04 Å². The van der Waals surface area contributed by atoms with E-state index >= 15 is 0 Å². The first-order chi connectivity index (χ1) is 8.19. The molecule has 17 heavy (non-hydrogen) atoms. The zero-order valence-corrected chi connectivity index (χ0v) is 11.8. The first-order valence-corrected chi connectivity index (χ1v) is 7.23. The van der Waals surface area contributed by atoms with Crippen molar-refractivity contribution in [3.8, 4) is 0 Å². The van der Waals surface area contributed by atoms with Crippen LogP contribution in [0.2, 0.25) is 0 Å². The van der Waals surface area contributed by atoms with Crippen molar-refractivity contribution >= 4 is 0 Å². The third kappa shape index (κ3) is 4.94. The van der Waals surface area contributed by atoms with Crippen LogP contribution >= 0.6 is 0 Å². The zero-order valence-electron chi connectivity index (χ0n) is 11.8. The van der Waals surface area contributed by atoms with Crippen LogP contribution in [0.4, 0.5) is 0 Å². The van der Waals surface area contributed by atoms with Gasteiger partial charge in [0.05, 0.1) is 6.61 Å². The summed E-state index contributed by atoms with van der Waals surface area (Å²) in [6, 6.07) is 0.940. The highest BCUT2D eigenvalue weighted by molar-refractivity contribution is 4.82. The molecule has 1 fully saturated rings. The predicted octanol–water partition coefficient (Wildman–Crippen LogP) is 1.86. The Hall–Kier alpha value is -0.120. The first-order valence-electron chi connectivity index (χ1n) is 7.23. The Morgan fingerprint density at radius 1 is 1.35 bits per heavy atom. The summed E-state index contributed by atoms with van der Waals surface area (Å²) in [4.78, 5) is 2.45. The van der Waals surface area contributed by atoms with Gasteiger partial charge in [0.15, 0.2) is 0 Å². The van der Waals surface area contributed by atoms with Crippen LogP contribution in [0.1, 0.15) is 46.0 Å². The molecule has 3 heteroatoms. The van der Waals surface area contributed by atoms with Crippen molar-refractivity contribution in [2.45, 2.75) is 58.0 Å². The summed E-state index contributed by atoms with van der Waals surface area (Å²) >= 11 is 0. The van der Waals surface area contributed by atoms with Crippen molar-refractivity contribution in [2.75, 3.05) is 26.7 Å². The second kappa shape index (κ2) is 8.06. The molecule has 0 radical (unpaired) electrons. The normalized spacial score (nSPS) is 27.4. The number of likely N-dealkylation sites (N-methyl/N-ethyl adjacent to an activating group) is 1. The van der Waals surface area contributed by atoms with Gasteiger partial charge in [-0.1, -0.05) is 26.7 Å². The average molecular weight is 242 g/mol. The van der Waals surface area contributed by atoms with Gasteiger partial charge in [-0.25, -0.2) is 0 Å². The molecule has 1 aliphatic carbocycles. The van der Waals surface area contributed by atoms with E-state index in [1.165, 1.54) is 25.7 Å². The van der Waals surface area contributed by atoms with Crippen molar-refractivity contribution in [2.24, 2.45) is 5.92 Å². The topological polar surface area (TPSA) is 35.5 Å². The molecule has 0 bridgehead atoms. The van der Waals surface area contributed by atoms with Gasteiger partial charge in [-0.2, -0.15) is 0 Å². The van der Waals surface area contributed by atoms with Gasteiger partial charge >= 0.3 is 0 Å². The van der Waals surface area contributed by atoms with Crippen LogP contribution in [-0.4, -0.2) is 48.8 Å². The second-order valence-electron chi connectivity index (χ2n) is 5.60. The van der Waals surface area contributed by atoms with E-state index in [-0.39, 0.29) is 12.6 Å². The summed E-state index contributed by atoms with van der Waals surface area (Å²) in [7, 11) is 2.21. The third-order valence-corrected chi connectivity index (χ3v) is 4.04. The SMILES string of the molecule is CCCNC(CO)CN(C)C1CCCCC1C. The van der Waals surface area contributed by atoms with Gasteiger partial charge in [0.25, 0.3) is 0 Å². The molecule has 1 aliphatic rings. The minimum absolute atomic E-state index is 0.231. The maximum absolute atomic E-state index is 9.38. The number of hydrogen-bond acceptors (Lipinski definition) is 3. The minimum Gasteiger partial charge on any atom is -0.395 e. The fourth-order valence-electron chi connectivity index (χ4n) is 2.97. The molecule has 0 saturated heterocycles. The first kappa shape index (κ1) is 14.9. The summed E-state index contributed by atoms with van der Waals surface area (Å²) < 4.78 is 0. The zero-order chi connectivity index (χ0) is 12.7. The van der Waals surface area contributed by atoms with Crippen LogP contribution in [0.15, 0.2) is 0 Å². The van der Waals surface area contributed by atoms with E-state index in [9.17, 15) is 5.11 Å². The van der Waals surface area contributed by atoms with Gasteiger partial charge in [0.1, 0.15) is 0 Å². The fraction of sp³-hybridized carbons (Fsp3) is 1.00. The number of nitrogens with one attached hydrogen (secondary N) is 1. The van der Waals surface area contributed by atoms with Gasteiger partial charge in [-0.05, 0) is 38.8 Å². The number of aliphatic hydroxyl groups is 1. The maximum Gasteiger partial charge on any atom is 0.0597 e. The smallest absolute Gasteiger partial charge is 0.0597 e. The monoisotopic (exact) mass is 242 g/mol. The fourth-order valence-corrected chi connectivity index (χ4v) is 2.97. The Kier molecular flexibility index (Phi) is 7.09. The molecule has 3 nitrogen and oxygen atoms in total. The predicted molar refractivity (Wildman–Crippen MR) is 73.2 cm³/mol. The highest BCUT2D eigenvalue weighted by Gasteiger charge is 2.25. The van der Waals surface area contributed by atoms with Gasteiger partial charge in [0.2, 0.25) is 0 Å². The maximum atomic E-state index is 9.38. The van der Waals surface area contributed by atoms with Crippen molar-refractivity contribution in [1.82, 2.24) is 10.2 Å². The van der Waals surface area contributed by atoms with E-state index in [2.05, 4.69) is 31.1 Å². The van der Waals surface area contributed by atoms with Crippen molar-refractivity contribution in [3.05, 3.63) is 0 Å². The molecule has 0 amide bonds. The van der Waals surface area contributed by atoms with Gasteiger partial charge in [-0.15, -0.1) is 0 Å². The molecule has 0 aromatic heterocycles. The van der Waals surface area contributed by atoms with Gasteiger partial charge in [0, 0.05) is 18.6 Å². The van der Waals surface area contributed by atoms with Crippen molar-refractivity contribution in [1.29, 1.82) is 0 Å². The molecule has 102 valence electrons. The largest absolute Gasteiger partial charge is 0.395 e. The van der Waals surface area contributed by atoms with Gasteiger partial charge in [-0.3, -0.25) is 0 Å². The molecule has 1 rings (SSSR count). The number of hydrogen-bond donors (Lipinski definition) is 2. The lowest BCUT2D eigenvalue weighted by Crippen LogP contribution is -2.48. The van der Waals surface area contributed by atoms with E-state index in [0.717, 1.165) is 25.4 Å². The highest BCUT2D eigenvalue weighted by Crippen LogP contribution is 2.27. The molecule has 0 spiro atoms. The molecular formula is C14H30N2O. The number of aliphatic hydroxyl groups excluding tert-OH is 1. The molecule has 0 aromatic carbocycles. The summed E-state index contributed by atoms with van der Waals surface area (Å²) in [6.07, 6.45) is 6.57. The molecule has 0 aromatic rings. The lowest BCUT2D eigenvalue weighted by atomic mass is 9.85. The minimum atomic E-state index is 0.231. The van der Waals surface area contributed by atoms with Crippen LogP contribution in [0.25, 0.3) is 0 Å². The summed E-state index contributed by atoms with van der Waals surface area (Å²) in [6.45, 7) is 6.73. The molecule has 0 heterocycles. The van der Waals surface area contributed by atoms with Crippen LogP contribution in [-0.2, 0) is 0 Å². The quantitative estimate of drug-likeness (QED) is 0.715. The molecule has 2 N–H and O–H groups in total. The standard InChI is InChI=1S/C14H30N2O/c1-4-9-15-13(11-17)10-16(3)14-8-6-5-7-12(14)2/h12-15,17H,4-11H2,1-3H3. The molecule has 1 saturated carbocycles. The Balaban J connectivity index is 2.36. The average Bonchev–Trinajstić information content (AvgIpc) is 2.34. The van der Waals surface area contributed by atoms with Crippen molar-refractivity contribution < 1.29 is 5.11 Å². The third-order valence-electron chi connectivity index (χ3n) is 4.04. The van der Waals surface area contributed by atoms with Crippen molar-refractivity contribution in [3.63, 3.8) is 0 Å². The second-order valence-corrected chi connectivity index (χ2v) is 5.60. The van der Waals surface area contributed by atoms with Crippen LogP contribution < -0.4 is 5.32 Å². The van der Waals surface area contributed by atoms with Crippen LogP contribution in [0, 0.1) is 5.92 Å². The Morgan fingerprint density at radius 3 is 2.65 bits per heavy atom. The molecule has 0 aliphatic heterocycles.